The molecule has 152 valence electrons. The molecule has 0 bridgehead atoms. The molecule has 29 heavy (non-hydrogen) atoms. The van der Waals surface area contributed by atoms with Gasteiger partial charge in [0.25, 0.3) is 0 Å². The SMILES string of the molecule is CC(C(=O)Nc1ccc(N2CCOCC2)cc1)N1CC=C(c2ccccc2)CC1. The summed E-state index contributed by atoms with van der Waals surface area (Å²) in [5.41, 5.74) is 4.67. The lowest BCUT2D eigenvalue weighted by Crippen LogP contribution is -2.44. The van der Waals surface area contributed by atoms with Gasteiger partial charge in [0, 0.05) is 37.6 Å². The van der Waals surface area contributed by atoms with Crippen molar-refractivity contribution in [2.75, 3.05) is 49.6 Å². The van der Waals surface area contributed by atoms with Gasteiger partial charge in [0.05, 0.1) is 19.3 Å². The molecule has 2 aliphatic rings. The summed E-state index contributed by atoms with van der Waals surface area (Å²) in [5, 5.41) is 3.07. The van der Waals surface area contributed by atoms with Crippen LogP contribution in [0.1, 0.15) is 18.9 Å². The summed E-state index contributed by atoms with van der Waals surface area (Å²) in [6.07, 6.45) is 3.22. The maximum Gasteiger partial charge on any atom is 0.241 e. The van der Waals surface area contributed by atoms with Crippen LogP contribution in [0.5, 0.6) is 0 Å². The maximum atomic E-state index is 12.7. The Morgan fingerprint density at radius 3 is 2.38 bits per heavy atom. The molecule has 5 nitrogen and oxygen atoms in total. The van der Waals surface area contributed by atoms with Gasteiger partial charge >= 0.3 is 0 Å². The maximum absolute atomic E-state index is 12.7. The van der Waals surface area contributed by atoms with E-state index in [2.05, 4.69) is 57.6 Å². The molecule has 2 aromatic carbocycles. The number of amides is 1. The predicted octanol–water partition coefficient (Wildman–Crippen LogP) is 3.64. The van der Waals surface area contributed by atoms with Crippen molar-refractivity contribution in [2.45, 2.75) is 19.4 Å². The average molecular weight is 392 g/mol. The Balaban J connectivity index is 1.32. The molecule has 0 spiro atoms. The number of carbonyl (C=O) groups is 1. The van der Waals surface area contributed by atoms with Gasteiger partial charge in [-0.05, 0) is 48.7 Å². The minimum atomic E-state index is -0.164. The number of nitrogens with one attached hydrogen (secondary N) is 1. The molecule has 0 aliphatic carbocycles. The molecular formula is C24H29N3O2. The number of benzene rings is 2. The van der Waals surface area contributed by atoms with Crippen LogP contribution in [0, 0.1) is 0 Å². The van der Waals surface area contributed by atoms with Crippen molar-refractivity contribution in [2.24, 2.45) is 0 Å². The molecule has 1 atom stereocenters. The number of nitrogens with zero attached hydrogens (tertiary/aromatic N) is 2. The van der Waals surface area contributed by atoms with Crippen LogP contribution in [0.15, 0.2) is 60.7 Å². The summed E-state index contributed by atoms with van der Waals surface area (Å²) in [5.74, 6) is 0.0423. The second kappa shape index (κ2) is 9.25. The van der Waals surface area contributed by atoms with Crippen molar-refractivity contribution < 1.29 is 9.53 Å². The number of anilines is 2. The number of carbonyl (C=O) groups excluding carboxylic acids is 1. The van der Waals surface area contributed by atoms with Crippen LogP contribution >= 0.6 is 0 Å². The standard InChI is InChI=1S/C24H29N3O2/c1-19(26-13-11-21(12-14-26)20-5-3-2-4-6-20)24(28)25-22-7-9-23(10-8-22)27-15-17-29-18-16-27/h2-11,19H,12-18H2,1H3,(H,25,28). The van der Waals surface area contributed by atoms with Crippen LogP contribution in [0.2, 0.25) is 0 Å². The zero-order valence-corrected chi connectivity index (χ0v) is 17.0. The van der Waals surface area contributed by atoms with Crippen LogP contribution in [-0.2, 0) is 9.53 Å². The summed E-state index contributed by atoms with van der Waals surface area (Å²) in [6.45, 7) is 7.05. The van der Waals surface area contributed by atoms with E-state index in [1.807, 2.05) is 25.1 Å². The van der Waals surface area contributed by atoms with Crippen molar-refractivity contribution in [3.8, 4) is 0 Å². The Hall–Kier alpha value is -2.63. The Bertz CT molecular complexity index is 842. The highest BCUT2D eigenvalue weighted by molar-refractivity contribution is 5.94. The number of hydrogen-bond donors (Lipinski definition) is 1. The summed E-state index contributed by atoms with van der Waals surface area (Å²) in [7, 11) is 0. The van der Waals surface area contributed by atoms with E-state index >= 15 is 0 Å². The summed E-state index contributed by atoms with van der Waals surface area (Å²) in [6, 6.07) is 18.4. The molecule has 0 aromatic heterocycles. The first-order chi connectivity index (χ1) is 14.2. The van der Waals surface area contributed by atoms with Crippen molar-refractivity contribution in [3.63, 3.8) is 0 Å². The Morgan fingerprint density at radius 2 is 1.72 bits per heavy atom. The van der Waals surface area contributed by atoms with Gasteiger partial charge in [-0.2, -0.15) is 0 Å². The number of morpholine rings is 1. The quantitative estimate of drug-likeness (QED) is 0.845. The third-order valence-corrected chi connectivity index (χ3v) is 5.82. The summed E-state index contributed by atoms with van der Waals surface area (Å²) in [4.78, 5) is 17.3. The van der Waals surface area contributed by atoms with E-state index in [1.165, 1.54) is 16.8 Å². The highest BCUT2D eigenvalue weighted by atomic mass is 16.5. The molecule has 2 heterocycles. The van der Waals surface area contributed by atoms with Gasteiger partial charge in [-0.1, -0.05) is 36.4 Å². The molecule has 2 aliphatic heterocycles. The van der Waals surface area contributed by atoms with Crippen molar-refractivity contribution >= 4 is 22.9 Å². The van der Waals surface area contributed by atoms with Gasteiger partial charge in [-0.3, -0.25) is 9.69 Å². The lowest BCUT2D eigenvalue weighted by Gasteiger charge is -2.31. The monoisotopic (exact) mass is 391 g/mol. The van der Waals surface area contributed by atoms with E-state index in [0.29, 0.717) is 0 Å². The Morgan fingerprint density at radius 1 is 1.00 bits per heavy atom. The molecule has 1 amide bonds. The minimum absolute atomic E-state index is 0.0423. The van der Waals surface area contributed by atoms with Crippen LogP contribution < -0.4 is 10.2 Å². The van der Waals surface area contributed by atoms with E-state index in [9.17, 15) is 4.79 Å². The predicted molar refractivity (Wildman–Crippen MR) is 118 cm³/mol. The largest absolute Gasteiger partial charge is 0.378 e. The third kappa shape index (κ3) is 4.86. The van der Waals surface area contributed by atoms with Crippen LogP contribution in [0.4, 0.5) is 11.4 Å². The first kappa shape index (κ1) is 19.7. The third-order valence-electron chi connectivity index (χ3n) is 5.82. The second-order valence-corrected chi connectivity index (χ2v) is 7.65. The smallest absolute Gasteiger partial charge is 0.241 e. The van der Waals surface area contributed by atoms with E-state index in [1.54, 1.807) is 0 Å². The molecular weight excluding hydrogens is 362 g/mol. The zero-order chi connectivity index (χ0) is 20.1. The van der Waals surface area contributed by atoms with Gasteiger partial charge in [-0.25, -0.2) is 0 Å². The van der Waals surface area contributed by atoms with Gasteiger partial charge in [-0.15, -0.1) is 0 Å². The van der Waals surface area contributed by atoms with Crippen molar-refractivity contribution in [1.29, 1.82) is 0 Å². The molecule has 0 saturated carbocycles. The molecule has 1 N–H and O–H groups in total. The molecule has 5 heteroatoms. The van der Waals surface area contributed by atoms with E-state index in [4.69, 9.17) is 4.74 Å². The lowest BCUT2D eigenvalue weighted by molar-refractivity contribution is -0.120. The second-order valence-electron chi connectivity index (χ2n) is 7.65. The van der Waals surface area contributed by atoms with Crippen LogP contribution in [0.25, 0.3) is 5.57 Å². The molecule has 1 fully saturated rings. The Kier molecular flexibility index (Phi) is 6.27. The van der Waals surface area contributed by atoms with Gasteiger partial charge in [0.15, 0.2) is 0 Å². The zero-order valence-electron chi connectivity index (χ0n) is 17.0. The van der Waals surface area contributed by atoms with Crippen molar-refractivity contribution in [3.05, 3.63) is 66.2 Å². The molecule has 4 rings (SSSR count). The van der Waals surface area contributed by atoms with E-state index in [-0.39, 0.29) is 11.9 Å². The molecule has 0 radical (unpaired) electrons. The Labute approximate surface area is 173 Å². The number of hydrogen-bond acceptors (Lipinski definition) is 4. The summed E-state index contributed by atoms with van der Waals surface area (Å²) < 4.78 is 5.41. The lowest BCUT2D eigenvalue weighted by atomic mass is 9.99. The van der Waals surface area contributed by atoms with E-state index < -0.39 is 0 Å². The molecule has 2 aromatic rings. The molecule has 1 saturated heterocycles. The van der Waals surface area contributed by atoms with Crippen LogP contribution in [-0.4, -0.2) is 56.2 Å². The summed E-state index contributed by atoms with van der Waals surface area (Å²) >= 11 is 0. The van der Waals surface area contributed by atoms with Crippen molar-refractivity contribution in [1.82, 2.24) is 4.90 Å². The first-order valence-corrected chi connectivity index (χ1v) is 10.4. The van der Waals surface area contributed by atoms with Gasteiger partial charge in [0.1, 0.15) is 0 Å². The molecule has 1 unspecified atom stereocenters. The highest BCUT2D eigenvalue weighted by Gasteiger charge is 2.23. The normalized spacial score (nSPS) is 18.8. The fourth-order valence-electron chi connectivity index (χ4n) is 3.94. The number of ether oxygens (including phenoxy) is 1. The minimum Gasteiger partial charge on any atom is -0.378 e. The van der Waals surface area contributed by atoms with E-state index in [0.717, 1.165) is 51.5 Å². The van der Waals surface area contributed by atoms with Crippen LogP contribution in [0.3, 0.4) is 0 Å². The average Bonchev–Trinajstić information content (AvgIpc) is 2.80. The van der Waals surface area contributed by atoms with Gasteiger partial charge in [0.2, 0.25) is 5.91 Å². The fraction of sp³-hybridized carbons (Fsp3) is 0.375. The van der Waals surface area contributed by atoms with Gasteiger partial charge < -0.3 is 15.0 Å². The fourth-order valence-corrected chi connectivity index (χ4v) is 3.94. The first-order valence-electron chi connectivity index (χ1n) is 10.4. The highest BCUT2D eigenvalue weighted by Crippen LogP contribution is 2.24. The topological polar surface area (TPSA) is 44.8 Å². The number of rotatable bonds is 5.